The molecule has 7 heteroatoms. The Kier molecular flexibility index (Phi) is 5.95. The van der Waals surface area contributed by atoms with Gasteiger partial charge in [0.25, 0.3) is 0 Å². The number of hydrogen-bond acceptors (Lipinski definition) is 5. The van der Waals surface area contributed by atoms with Crippen LogP contribution in [0, 0.1) is 10.7 Å². The first kappa shape index (κ1) is 18.9. The second-order valence-electron chi connectivity index (χ2n) is 6.67. The van der Waals surface area contributed by atoms with E-state index in [4.69, 9.17) is 4.42 Å². The van der Waals surface area contributed by atoms with Crippen LogP contribution in [-0.2, 0) is 4.79 Å². The Morgan fingerprint density at radius 3 is 2.58 bits per heavy atom. The molecule has 0 aliphatic carbocycles. The highest BCUT2D eigenvalue weighted by Crippen LogP contribution is 2.19. The van der Waals surface area contributed by atoms with E-state index in [0.29, 0.717) is 24.8 Å². The van der Waals surface area contributed by atoms with Crippen molar-refractivity contribution in [2.75, 3.05) is 31.1 Å². The van der Waals surface area contributed by atoms with Gasteiger partial charge in [-0.2, -0.15) is 0 Å². The Morgan fingerprint density at radius 1 is 1.23 bits per heavy atom. The van der Waals surface area contributed by atoms with Gasteiger partial charge in [0.15, 0.2) is 3.77 Å². The molecule has 1 saturated heterocycles. The molecule has 1 fully saturated rings. The Morgan fingerprint density at radius 2 is 1.96 bits per heavy atom. The zero-order valence-electron chi connectivity index (χ0n) is 15.3. The molecule has 0 radical (unpaired) electrons. The molecule has 0 saturated carbocycles. The fraction of sp³-hybridized carbons (Fsp3) is 0.421. The minimum Gasteiger partial charge on any atom is -0.451 e. The van der Waals surface area contributed by atoms with E-state index >= 15 is 0 Å². The van der Waals surface area contributed by atoms with Crippen LogP contribution in [0.25, 0.3) is 6.08 Å². The number of carbonyl (C=O) groups is 1. The number of hydrogen-bond donors (Lipinski definition) is 0. The third kappa shape index (κ3) is 4.63. The zero-order valence-corrected chi connectivity index (χ0v) is 17.4. The molecule has 0 atom stereocenters. The van der Waals surface area contributed by atoms with E-state index in [1.165, 1.54) is 0 Å². The smallest absolute Gasteiger partial charge is 0.246 e. The molecule has 0 spiro atoms. The van der Waals surface area contributed by atoms with Crippen LogP contribution in [-0.4, -0.2) is 47.0 Å². The first-order chi connectivity index (χ1) is 12.4. The third-order valence-electron chi connectivity index (χ3n) is 4.27. The van der Waals surface area contributed by atoms with E-state index < -0.39 is 0 Å². The van der Waals surface area contributed by atoms with Crippen molar-refractivity contribution in [3.63, 3.8) is 0 Å². The summed E-state index contributed by atoms with van der Waals surface area (Å²) in [6.07, 6.45) is 3.30. The predicted octanol–water partition coefficient (Wildman–Crippen LogP) is 3.47. The quantitative estimate of drug-likeness (QED) is 0.510. The van der Waals surface area contributed by atoms with Gasteiger partial charge in [-0.3, -0.25) is 4.79 Å². The minimum absolute atomic E-state index is 0.0118. The summed E-state index contributed by atoms with van der Waals surface area (Å²) in [5.41, 5.74) is 0.980. The molecule has 2 aromatic heterocycles. The molecule has 1 amide bonds. The molecule has 1 aliphatic rings. The highest BCUT2D eigenvalue weighted by atomic mass is 127. The second-order valence-corrected chi connectivity index (χ2v) is 7.73. The van der Waals surface area contributed by atoms with Crippen molar-refractivity contribution in [1.29, 1.82) is 0 Å². The maximum atomic E-state index is 12.4. The molecule has 6 nitrogen and oxygen atoms in total. The second kappa shape index (κ2) is 8.20. The number of aryl methyl sites for hydroxylation is 1. The van der Waals surface area contributed by atoms with Gasteiger partial charge < -0.3 is 14.2 Å². The van der Waals surface area contributed by atoms with Crippen LogP contribution in [0.5, 0.6) is 0 Å². The number of aromatic nitrogens is 2. The Balaban J connectivity index is 1.60. The molecule has 3 rings (SSSR count). The average Bonchev–Trinajstić information content (AvgIpc) is 3.04. The zero-order chi connectivity index (χ0) is 18.7. The largest absolute Gasteiger partial charge is 0.451 e. The van der Waals surface area contributed by atoms with Crippen molar-refractivity contribution in [2.24, 2.45) is 0 Å². The average molecular weight is 466 g/mol. The summed E-state index contributed by atoms with van der Waals surface area (Å²) in [5.74, 6) is 2.83. The summed E-state index contributed by atoms with van der Waals surface area (Å²) in [5, 5.41) is 0. The number of amides is 1. The maximum absolute atomic E-state index is 12.4. The molecule has 0 aromatic carbocycles. The van der Waals surface area contributed by atoms with Crippen molar-refractivity contribution >= 4 is 40.4 Å². The standard InChI is InChI=1S/C19H23IN4O2/c1-13(2)19-21-14(3)12-17(22-19)23-8-10-24(11-9-23)18(25)7-5-15-4-6-16(20)26-15/h4-7,12-13H,8-11H2,1-3H3/b7-5+. The topological polar surface area (TPSA) is 62.5 Å². The number of rotatable bonds is 4. The minimum atomic E-state index is 0.0118. The van der Waals surface area contributed by atoms with E-state index in [-0.39, 0.29) is 5.91 Å². The molecule has 0 bridgehead atoms. The summed E-state index contributed by atoms with van der Waals surface area (Å²) in [6, 6.07) is 5.74. The summed E-state index contributed by atoms with van der Waals surface area (Å²) in [4.78, 5) is 25.6. The van der Waals surface area contributed by atoms with Gasteiger partial charge in [-0.25, -0.2) is 9.97 Å². The highest BCUT2D eigenvalue weighted by Gasteiger charge is 2.21. The van der Waals surface area contributed by atoms with E-state index in [2.05, 4.69) is 51.3 Å². The third-order valence-corrected chi connectivity index (χ3v) is 4.85. The number of nitrogens with zero attached hydrogens (tertiary/aromatic N) is 4. The van der Waals surface area contributed by atoms with Crippen molar-refractivity contribution in [1.82, 2.24) is 14.9 Å². The fourth-order valence-corrected chi connectivity index (χ4v) is 3.26. The lowest BCUT2D eigenvalue weighted by Crippen LogP contribution is -2.48. The molecule has 1 aliphatic heterocycles. The van der Waals surface area contributed by atoms with Crippen LogP contribution < -0.4 is 4.90 Å². The van der Waals surface area contributed by atoms with Crippen LogP contribution in [0.3, 0.4) is 0 Å². The normalized spacial score (nSPS) is 15.3. The van der Waals surface area contributed by atoms with E-state index in [1.807, 2.05) is 30.0 Å². The van der Waals surface area contributed by atoms with Crippen LogP contribution in [0.4, 0.5) is 5.82 Å². The summed E-state index contributed by atoms with van der Waals surface area (Å²) in [7, 11) is 0. The van der Waals surface area contributed by atoms with Crippen LogP contribution in [0.15, 0.2) is 28.7 Å². The molecule has 0 unspecified atom stereocenters. The molecule has 0 N–H and O–H groups in total. The van der Waals surface area contributed by atoms with Gasteiger partial charge in [0.05, 0.1) is 0 Å². The first-order valence-corrected chi connectivity index (χ1v) is 9.83. The SMILES string of the molecule is Cc1cc(N2CCN(C(=O)/C=C/c3ccc(I)o3)CC2)nc(C(C)C)n1. The van der Waals surface area contributed by atoms with Gasteiger partial charge in [-0.15, -0.1) is 0 Å². The van der Waals surface area contributed by atoms with Gasteiger partial charge >= 0.3 is 0 Å². The van der Waals surface area contributed by atoms with Crippen molar-refractivity contribution < 1.29 is 9.21 Å². The summed E-state index contributed by atoms with van der Waals surface area (Å²) >= 11 is 2.11. The number of anilines is 1. The first-order valence-electron chi connectivity index (χ1n) is 8.75. The number of piperazine rings is 1. The van der Waals surface area contributed by atoms with Gasteiger partial charge in [-0.05, 0) is 47.7 Å². The van der Waals surface area contributed by atoms with Gasteiger partial charge in [0.1, 0.15) is 17.4 Å². The predicted molar refractivity (Wildman–Crippen MR) is 110 cm³/mol. The lowest BCUT2D eigenvalue weighted by Gasteiger charge is -2.35. The van der Waals surface area contributed by atoms with Gasteiger partial charge in [-0.1, -0.05) is 13.8 Å². The van der Waals surface area contributed by atoms with E-state index in [1.54, 1.807) is 12.2 Å². The monoisotopic (exact) mass is 466 g/mol. The fourth-order valence-electron chi connectivity index (χ4n) is 2.83. The molecular weight excluding hydrogens is 443 g/mol. The van der Waals surface area contributed by atoms with Crippen LogP contribution >= 0.6 is 22.6 Å². The lowest BCUT2D eigenvalue weighted by atomic mass is 10.2. The van der Waals surface area contributed by atoms with Gasteiger partial charge in [0, 0.05) is 49.9 Å². The number of halogens is 1. The van der Waals surface area contributed by atoms with Crippen molar-refractivity contribution in [3.8, 4) is 0 Å². The number of carbonyl (C=O) groups excluding carboxylic acids is 1. The van der Waals surface area contributed by atoms with Crippen LogP contribution in [0.1, 0.15) is 37.0 Å². The Bertz CT molecular complexity index is 808. The molecule has 3 heterocycles. The van der Waals surface area contributed by atoms with E-state index in [9.17, 15) is 4.79 Å². The molecule has 2 aromatic rings. The Labute approximate surface area is 167 Å². The van der Waals surface area contributed by atoms with E-state index in [0.717, 1.165) is 34.2 Å². The van der Waals surface area contributed by atoms with Crippen molar-refractivity contribution in [3.05, 3.63) is 45.3 Å². The van der Waals surface area contributed by atoms with Crippen molar-refractivity contribution in [2.45, 2.75) is 26.7 Å². The molecular formula is C19H23IN4O2. The molecule has 138 valence electrons. The summed E-state index contributed by atoms with van der Waals surface area (Å²) < 4.78 is 6.25. The summed E-state index contributed by atoms with van der Waals surface area (Å²) in [6.45, 7) is 9.09. The highest BCUT2D eigenvalue weighted by molar-refractivity contribution is 14.1. The van der Waals surface area contributed by atoms with Crippen LogP contribution in [0.2, 0.25) is 0 Å². The number of furan rings is 1. The lowest BCUT2D eigenvalue weighted by molar-refractivity contribution is -0.126. The Hall–Kier alpha value is -1.90. The van der Waals surface area contributed by atoms with Gasteiger partial charge in [0.2, 0.25) is 5.91 Å². The maximum Gasteiger partial charge on any atom is 0.246 e. The molecule has 26 heavy (non-hydrogen) atoms.